The van der Waals surface area contributed by atoms with Crippen molar-refractivity contribution in [3.05, 3.63) is 243 Å². The Hall–Kier alpha value is -9.64. The van der Waals surface area contributed by atoms with Gasteiger partial charge >= 0.3 is 0 Å². The Labute approximate surface area is 412 Å². The van der Waals surface area contributed by atoms with Crippen molar-refractivity contribution in [1.29, 1.82) is 0 Å². The van der Waals surface area contributed by atoms with Gasteiger partial charge < -0.3 is 9.13 Å². The molecular weight excluding hydrogens is 873 g/mol. The standard InChI is InChI=1S/C68H40N4/c1-3-17-43-39-64-57(36-41(43)15-1)54-24-9-12-28-61(54)72(64)63-30-14-29-62-66(63)58-37-42-16-2-4-18-44(42)40-65(58)71(62)47-32-34-48-45(35-47)19-13-25-55(48)68-67(69-59-26-10-11-27-60(59)70-68)46-31-33-53-51-22-6-5-20-49(51)50-21-7-8-23-52(50)56(53)38-46/h1-40H. The molecule has 0 atom stereocenters. The molecule has 3 heterocycles. The lowest BCUT2D eigenvalue weighted by atomic mass is 9.92. The van der Waals surface area contributed by atoms with E-state index in [2.05, 4.69) is 240 Å². The highest BCUT2D eigenvalue weighted by Gasteiger charge is 2.23. The molecule has 0 spiro atoms. The lowest BCUT2D eigenvalue weighted by Gasteiger charge is -2.16. The van der Waals surface area contributed by atoms with Crippen LogP contribution in [0.2, 0.25) is 0 Å². The van der Waals surface area contributed by atoms with Gasteiger partial charge in [0, 0.05) is 38.4 Å². The van der Waals surface area contributed by atoms with Crippen molar-refractivity contribution in [3.63, 3.8) is 0 Å². The van der Waals surface area contributed by atoms with E-state index in [1.807, 2.05) is 12.1 Å². The maximum atomic E-state index is 5.47. The van der Waals surface area contributed by atoms with Crippen molar-refractivity contribution in [2.45, 2.75) is 0 Å². The highest BCUT2D eigenvalue weighted by molar-refractivity contribution is 6.26. The fourth-order valence-corrected chi connectivity index (χ4v) is 12.2. The number of para-hydroxylation sites is 3. The number of benzene rings is 13. The van der Waals surface area contributed by atoms with Gasteiger partial charge in [0.1, 0.15) is 0 Å². The molecule has 0 saturated heterocycles. The predicted octanol–water partition coefficient (Wildman–Crippen LogP) is 18.1. The topological polar surface area (TPSA) is 35.6 Å². The molecule has 72 heavy (non-hydrogen) atoms. The molecule has 0 aliphatic carbocycles. The Kier molecular flexibility index (Phi) is 8.14. The zero-order valence-electron chi connectivity index (χ0n) is 38.9. The van der Waals surface area contributed by atoms with Gasteiger partial charge in [0.05, 0.1) is 50.2 Å². The minimum absolute atomic E-state index is 0.864. The quantitative estimate of drug-likeness (QED) is 0.165. The summed E-state index contributed by atoms with van der Waals surface area (Å²) in [6.07, 6.45) is 0. The molecule has 0 radical (unpaired) electrons. The summed E-state index contributed by atoms with van der Waals surface area (Å²) in [7, 11) is 0. The summed E-state index contributed by atoms with van der Waals surface area (Å²) in [5.74, 6) is 0. The normalized spacial score (nSPS) is 12.2. The number of fused-ring (bicyclic) bond motifs is 16. The second kappa shape index (κ2) is 14.9. The first-order valence-electron chi connectivity index (χ1n) is 24.7. The Morgan fingerprint density at radius 1 is 0.264 bits per heavy atom. The molecule has 0 unspecified atom stereocenters. The van der Waals surface area contributed by atoms with Crippen LogP contribution in [0.25, 0.3) is 153 Å². The molecule has 0 bridgehead atoms. The van der Waals surface area contributed by atoms with Crippen LogP contribution in [0.5, 0.6) is 0 Å². The SMILES string of the molecule is c1ccc2cc3c(cc2c1)c1ccccc1n3-c1cccc2c1c1cc3ccccc3cc1n2-c1ccc2c(-c3nc4ccccc4nc3-c3ccc4c5ccccc5c5ccccc5c4c3)cccc2c1. The highest BCUT2D eigenvalue weighted by atomic mass is 15.0. The first kappa shape index (κ1) is 39.2. The van der Waals surface area contributed by atoms with Crippen molar-refractivity contribution in [1.82, 2.24) is 19.1 Å². The fraction of sp³-hybridized carbons (Fsp3) is 0. The fourth-order valence-electron chi connectivity index (χ4n) is 12.2. The Morgan fingerprint density at radius 2 is 0.778 bits per heavy atom. The van der Waals surface area contributed by atoms with Gasteiger partial charge in [-0.15, -0.1) is 0 Å². The molecule has 0 N–H and O–H groups in total. The number of hydrogen-bond acceptors (Lipinski definition) is 2. The minimum atomic E-state index is 0.864. The van der Waals surface area contributed by atoms with Crippen LogP contribution >= 0.6 is 0 Å². The third-order valence-electron chi connectivity index (χ3n) is 15.4. The van der Waals surface area contributed by atoms with Crippen molar-refractivity contribution < 1.29 is 0 Å². The van der Waals surface area contributed by atoms with Crippen molar-refractivity contribution in [3.8, 4) is 33.9 Å². The molecule has 0 aliphatic heterocycles. The lowest BCUT2D eigenvalue weighted by molar-refractivity contribution is 1.17. The summed E-state index contributed by atoms with van der Waals surface area (Å²) in [6.45, 7) is 0. The molecule has 0 aliphatic rings. The number of hydrogen-bond donors (Lipinski definition) is 0. The lowest BCUT2D eigenvalue weighted by Crippen LogP contribution is -1.98. The summed E-state index contributed by atoms with van der Waals surface area (Å²) in [4.78, 5) is 10.9. The summed E-state index contributed by atoms with van der Waals surface area (Å²) in [5.41, 5.74) is 12.5. The van der Waals surface area contributed by atoms with Crippen LogP contribution in [0.3, 0.4) is 0 Å². The van der Waals surface area contributed by atoms with Gasteiger partial charge in [-0.2, -0.15) is 0 Å². The predicted molar refractivity (Wildman–Crippen MR) is 304 cm³/mol. The van der Waals surface area contributed by atoms with Gasteiger partial charge in [0.15, 0.2) is 0 Å². The molecule has 0 saturated carbocycles. The molecule has 332 valence electrons. The van der Waals surface area contributed by atoms with Gasteiger partial charge in [0.2, 0.25) is 0 Å². The van der Waals surface area contributed by atoms with E-state index < -0.39 is 0 Å². The molecule has 4 nitrogen and oxygen atoms in total. The van der Waals surface area contributed by atoms with E-state index in [0.717, 1.165) is 66.7 Å². The van der Waals surface area contributed by atoms with Crippen LogP contribution in [0.4, 0.5) is 0 Å². The van der Waals surface area contributed by atoms with E-state index in [0.29, 0.717) is 0 Å². The van der Waals surface area contributed by atoms with Gasteiger partial charge in [0.25, 0.3) is 0 Å². The molecule has 3 aromatic heterocycles. The Bertz CT molecular complexity index is 4960. The average Bonchev–Trinajstić information content (AvgIpc) is 3.94. The van der Waals surface area contributed by atoms with E-state index >= 15 is 0 Å². The second-order valence-electron chi connectivity index (χ2n) is 19.3. The van der Waals surface area contributed by atoms with Gasteiger partial charge in [-0.05, 0) is 137 Å². The number of nitrogens with zero attached hydrogens (tertiary/aromatic N) is 4. The molecule has 0 fully saturated rings. The maximum Gasteiger partial charge on any atom is 0.0979 e. The van der Waals surface area contributed by atoms with E-state index in [1.165, 1.54) is 86.4 Å². The van der Waals surface area contributed by atoms with Crippen LogP contribution in [0.1, 0.15) is 0 Å². The largest absolute Gasteiger partial charge is 0.309 e. The highest BCUT2D eigenvalue weighted by Crippen LogP contribution is 2.44. The average molecular weight is 913 g/mol. The maximum absolute atomic E-state index is 5.47. The van der Waals surface area contributed by atoms with Gasteiger partial charge in [-0.3, -0.25) is 0 Å². The van der Waals surface area contributed by atoms with E-state index in [9.17, 15) is 0 Å². The smallest absolute Gasteiger partial charge is 0.0979 e. The third-order valence-corrected chi connectivity index (χ3v) is 15.4. The van der Waals surface area contributed by atoms with Gasteiger partial charge in [-0.25, -0.2) is 9.97 Å². The van der Waals surface area contributed by atoms with Crippen LogP contribution in [-0.2, 0) is 0 Å². The molecular formula is C68H40N4. The van der Waals surface area contributed by atoms with Crippen LogP contribution in [-0.4, -0.2) is 19.1 Å². The first-order valence-corrected chi connectivity index (χ1v) is 24.7. The third kappa shape index (κ3) is 5.63. The zero-order chi connectivity index (χ0) is 47.0. The summed E-state index contributed by atoms with van der Waals surface area (Å²) < 4.78 is 4.97. The molecule has 16 aromatic rings. The number of rotatable bonds is 4. The van der Waals surface area contributed by atoms with Crippen LogP contribution < -0.4 is 0 Å². The summed E-state index contributed by atoms with van der Waals surface area (Å²) >= 11 is 0. The summed E-state index contributed by atoms with van der Waals surface area (Å²) in [5, 5.41) is 19.5. The molecule has 0 amide bonds. The minimum Gasteiger partial charge on any atom is -0.309 e. The van der Waals surface area contributed by atoms with E-state index in [1.54, 1.807) is 0 Å². The van der Waals surface area contributed by atoms with Crippen LogP contribution in [0.15, 0.2) is 243 Å². The van der Waals surface area contributed by atoms with Crippen LogP contribution in [0, 0.1) is 0 Å². The molecule has 4 heteroatoms. The molecule has 16 rings (SSSR count). The van der Waals surface area contributed by atoms with Crippen molar-refractivity contribution in [2.75, 3.05) is 0 Å². The van der Waals surface area contributed by atoms with E-state index in [4.69, 9.17) is 9.97 Å². The van der Waals surface area contributed by atoms with E-state index in [-0.39, 0.29) is 0 Å². The summed E-state index contributed by atoms with van der Waals surface area (Å²) in [6, 6.07) is 88.8. The zero-order valence-corrected chi connectivity index (χ0v) is 38.9. The monoisotopic (exact) mass is 912 g/mol. The van der Waals surface area contributed by atoms with Gasteiger partial charge in [-0.1, -0.05) is 170 Å². The first-order chi connectivity index (χ1) is 35.7. The Morgan fingerprint density at radius 3 is 1.49 bits per heavy atom. The van der Waals surface area contributed by atoms with Crippen molar-refractivity contribution >= 4 is 119 Å². The molecule has 13 aromatic carbocycles. The second-order valence-corrected chi connectivity index (χ2v) is 19.3. The number of aromatic nitrogens is 4. The Balaban J connectivity index is 0.926. The van der Waals surface area contributed by atoms with Crippen molar-refractivity contribution in [2.24, 2.45) is 0 Å².